The molecule has 0 radical (unpaired) electrons. The van der Waals surface area contributed by atoms with Gasteiger partial charge in [-0.2, -0.15) is 0 Å². The van der Waals surface area contributed by atoms with Gasteiger partial charge in [0.15, 0.2) is 11.5 Å². The maximum absolute atomic E-state index is 11.7. The van der Waals surface area contributed by atoms with Crippen LogP contribution in [0.15, 0.2) is 24.3 Å². The fourth-order valence-corrected chi connectivity index (χ4v) is 1.89. The normalized spacial score (nSPS) is 11.0. The summed E-state index contributed by atoms with van der Waals surface area (Å²) in [6.45, 7) is 10.0. The van der Waals surface area contributed by atoms with Crippen molar-refractivity contribution < 1.29 is 14.3 Å². The van der Waals surface area contributed by atoms with E-state index in [9.17, 15) is 4.79 Å². The van der Waals surface area contributed by atoms with Crippen molar-refractivity contribution in [3.8, 4) is 11.5 Å². The molecule has 22 heavy (non-hydrogen) atoms. The Morgan fingerprint density at radius 1 is 1.18 bits per heavy atom. The minimum Gasteiger partial charge on any atom is -0.490 e. The molecule has 4 heteroatoms. The summed E-state index contributed by atoms with van der Waals surface area (Å²) in [5.41, 5.74) is 0.908. The highest BCUT2D eigenvalue weighted by Crippen LogP contribution is 2.28. The van der Waals surface area contributed by atoms with Crippen molar-refractivity contribution in [2.24, 2.45) is 5.92 Å². The first kappa shape index (κ1) is 18.1. The summed E-state index contributed by atoms with van der Waals surface area (Å²) >= 11 is 0. The van der Waals surface area contributed by atoms with Gasteiger partial charge in [-0.3, -0.25) is 4.79 Å². The molecule has 0 saturated carbocycles. The molecule has 1 amide bonds. The highest BCUT2D eigenvalue weighted by atomic mass is 16.5. The van der Waals surface area contributed by atoms with Crippen LogP contribution in [-0.2, 0) is 4.79 Å². The molecule has 1 aromatic rings. The molecule has 1 rings (SSSR count). The summed E-state index contributed by atoms with van der Waals surface area (Å²) in [4.78, 5) is 11.7. The maximum atomic E-state index is 11.7. The van der Waals surface area contributed by atoms with Gasteiger partial charge in [0.2, 0.25) is 5.91 Å². The van der Waals surface area contributed by atoms with Crippen molar-refractivity contribution >= 4 is 12.0 Å². The lowest BCUT2D eigenvalue weighted by atomic mass is 10.1. The number of benzene rings is 1. The predicted octanol–water partition coefficient (Wildman–Crippen LogP) is 3.66. The molecule has 0 heterocycles. The van der Waals surface area contributed by atoms with Crippen molar-refractivity contribution in [3.63, 3.8) is 0 Å². The number of hydrogen-bond acceptors (Lipinski definition) is 3. The third-order valence-electron chi connectivity index (χ3n) is 3.02. The van der Waals surface area contributed by atoms with Crippen LogP contribution in [0.1, 0.15) is 39.7 Å². The highest BCUT2D eigenvalue weighted by molar-refractivity contribution is 5.91. The Kier molecular flexibility index (Phi) is 8.11. The number of nitrogens with one attached hydrogen (secondary N) is 1. The Labute approximate surface area is 133 Å². The second kappa shape index (κ2) is 9.87. The van der Waals surface area contributed by atoms with E-state index in [0.717, 1.165) is 17.7 Å². The lowest BCUT2D eigenvalue weighted by molar-refractivity contribution is -0.116. The SMILES string of the molecule is CCOc1ccc(/C=C/C(=O)NCCC(C)C)cc1OCC. The van der Waals surface area contributed by atoms with E-state index in [1.165, 1.54) is 0 Å². The van der Waals surface area contributed by atoms with E-state index in [-0.39, 0.29) is 5.91 Å². The average molecular weight is 305 g/mol. The van der Waals surface area contributed by atoms with Crippen LogP contribution < -0.4 is 14.8 Å². The third kappa shape index (κ3) is 6.66. The number of carbonyl (C=O) groups is 1. The van der Waals surface area contributed by atoms with Crippen LogP contribution in [0.25, 0.3) is 6.08 Å². The maximum Gasteiger partial charge on any atom is 0.243 e. The first-order valence-electron chi connectivity index (χ1n) is 7.92. The smallest absolute Gasteiger partial charge is 0.243 e. The Bertz CT molecular complexity index is 495. The standard InChI is InChI=1S/C18H27NO3/c1-5-21-16-9-7-15(13-17(16)22-6-2)8-10-18(20)19-12-11-14(3)4/h7-10,13-14H,5-6,11-12H2,1-4H3,(H,19,20)/b10-8+. The molecule has 0 bridgehead atoms. The first-order valence-corrected chi connectivity index (χ1v) is 7.92. The topological polar surface area (TPSA) is 47.6 Å². The molecular weight excluding hydrogens is 278 g/mol. The lowest BCUT2D eigenvalue weighted by Gasteiger charge is -2.11. The van der Waals surface area contributed by atoms with Crippen LogP contribution in [0.2, 0.25) is 0 Å². The van der Waals surface area contributed by atoms with Gasteiger partial charge >= 0.3 is 0 Å². The summed E-state index contributed by atoms with van der Waals surface area (Å²) < 4.78 is 11.1. The van der Waals surface area contributed by atoms with Gasteiger partial charge in [0, 0.05) is 12.6 Å². The van der Waals surface area contributed by atoms with E-state index in [1.807, 2.05) is 32.0 Å². The van der Waals surface area contributed by atoms with Crippen molar-refractivity contribution in [2.75, 3.05) is 19.8 Å². The molecule has 122 valence electrons. The highest BCUT2D eigenvalue weighted by Gasteiger charge is 2.05. The summed E-state index contributed by atoms with van der Waals surface area (Å²) in [6, 6.07) is 5.66. The van der Waals surface area contributed by atoms with Crippen LogP contribution in [0.4, 0.5) is 0 Å². The Morgan fingerprint density at radius 3 is 2.50 bits per heavy atom. The average Bonchev–Trinajstić information content (AvgIpc) is 2.47. The summed E-state index contributed by atoms with van der Waals surface area (Å²) in [5.74, 6) is 1.94. The molecule has 1 aromatic carbocycles. The molecule has 1 N–H and O–H groups in total. The van der Waals surface area contributed by atoms with Crippen LogP contribution >= 0.6 is 0 Å². The number of amides is 1. The zero-order valence-electron chi connectivity index (χ0n) is 14.0. The molecular formula is C18H27NO3. The van der Waals surface area contributed by atoms with Crippen molar-refractivity contribution in [1.29, 1.82) is 0 Å². The third-order valence-corrected chi connectivity index (χ3v) is 3.02. The van der Waals surface area contributed by atoms with Gasteiger partial charge in [-0.15, -0.1) is 0 Å². The number of carbonyl (C=O) groups excluding carboxylic acids is 1. The minimum atomic E-state index is -0.0764. The first-order chi connectivity index (χ1) is 10.6. The van der Waals surface area contributed by atoms with Crippen LogP contribution in [-0.4, -0.2) is 25.7 Å². The van der Waals surface area contributed by atoms with E-state index in [2.05, 4.69) is 19.2 Å². The van der Waals surface area contributed by atoms with Gasteiger partial charge < -0.3 is 14.8 Å². The van der Waals surface area contributed by atoms with E-state index >= 15 is 0 Å². The zero-order chi connectivity index (χ0) is 16.4. The van der Waals surface area contributed by atoms with Crippen LogP contribution in [0.5, 0.6) is 11.5 Å². The molecule has 0 aromatic heterocycles. The molecule has 0 unspecified atom stereocenters. The Balaban J connectivity index is 2.66. The quantitative estimate of drug-likeness (QED) is 0.708. The van der Waals surface area contributed by atoms with E-state index in [0.29, 0.717) is 31.4 Å². The number of rotatable bonds is 9. The number of hydrogen-bond donors (Lipinski definition) is 1. The van der Waals surface area contributed by atoms with Crippen LogP contribution in [0.3, 0.4) is 0 Å². The summed E-state index contributed by atoms with van der Waals surface area (Å²) in [5, 5.41) is 2.87. The molecule has 0 atom stereocenters. The van der Waals surface area contributed by atoms with Gasteiger partial charge in [0.1, 0.15) is 0 Å². The molecule has 0 spiro atoms. The van der Waals surface area contributed by atoms with Gasteiger partial charge in [0.25, 0.3) is 0 Å². The monoisotopic (exact) mass is 305 g/mol. The number of ether oxygens (including phenoxy) is 2. The molecule has 0 aliphatic rings. The fourth-order valence-electron chi connectivity index (χ4n) is 1.89. The fraction of sp³-hybridized carbons (Fsp3) is 0.500. The largest absolute Gasteiger partial charge is 0.490 e. The zero-order valence-corrected chi connectivity index (χ0v) is 14.0. The molecule has 0 saturated heterocycles. The van der Waals surface area contributed by atoms with E-state index in [1.54, 1.807) is 12.2 Å². The van der Waals surface area contributed by atoms with E-state index in [4.69, 9.17) is 9.47 Å². The van der Waals surface area contributed by atoms with E-state index < -0.39 is 0 Å². The second-order valence-electron chi connectivity index (χ2n) is 5.38. The molecule has 0 aliphatic heterocycles. The Hall–Kier alpha value is -1.97. The van der Waals surface area contributed by atoms with Crippen LogP contribution in [0, 0.1) is 5.92 Å². The van der Waals surface area contributed by atoms with Crippen molar-refractivity contribution in [2.45, 2.75) is 34.1 Å². The summed E-state index contributed by atoms with van der Waals surface area (Å²) in [6.07, 6.45) is 4.31. The molecule has 0 aliphatic carbocycles. The van der Waals surface area contributed by atoms with Gasteiger partial charge in [-0.05, 0) is 50.0 Å². The minimum absolute atomic E-state index is 0.0764. The molecule has 4 nitrogen and oxygen atoms in total. The van der Waals surface area contributed by atoms with Gasteiger partial charge in [0.05, 0.1) is 13.2 Å². The second-order valence-corrected chi connectivity index (χ2v) is 5.38. The van der Waals surface area contributed by atoms with Crippen molar-refractivity contribution in [3.05, 3.63) is 29.8 Å². The lowest BCUT2D eigenvalue weighted by Crippen LogP contribution is -2.23. The van der Waals surface area contributed by atoms with Gasteiger partial charge in [-0.25, -0.2) is 0 Å². The Morgan fingerprint density at radius 2 is 1.86 bits per heavy atom. The summed E-state index contributed by atoms with van der Waals surface area (Å²) in [7, 11) is 0. The molecule has 0 fully saturated rings. The van der Waals surface area contributed by atoms with Gasteiger partial charge in [-0.1, -0.05) is 19.9 Å². The van der Waals surface area contributed by atoms with Crippen molar-refractivity contribution in [1.82, 2.24) is 5.32 Å². The predicted molar refractivity (Wildman–Crippen MR) is 90.3 cm³/mol.